The highest BCUT2D eigenvalue weighted by molar-refractivity contribution is 14.1. The molecule has 17 heavy (non-hydrogen) atoms. The summed E-state index contributed by atoms with van der Waals surface area (Å²) in [4.78, 5) is 0. The Morgan fingerprint density at radius 2 is 1.82 bits per heavy atom. The average Bonchev–Trinajstić information content (AvgIpc) is 2.30. The Morgan fingerprint density at radius 1 is 1.12 bits per heavy atom. The van der Waals surface area contributed by atoms with Gasteiger partial charge in [-0.1, -0.05) is 39.7 Å². The number of rotatable bonds is 3. The molecule has 2 aromatic carbocycles. The highest BCUT2D eigenvalue weighted by Gasteiger charge is 2.00. The summed E-state index contributed by atoms with van der Waals surface area (Å²) in [5, 5.41) is 4.05. The summed E-state index contributed by atoms with van der Waals surface area (Å²) in [5.74, 6) is 0. The number of hydrogen-bond acceptors (Lipinski definition) is 1. The molecule has 0 saturated heterocycles. The normalized spacial score (nSPS) is 10.3. The minimum absolute atomic E-state index is 0.727. The second-order valence-corrected chi connectivity index (χ2v) is 6.17. The van der Waals surface area contributed by atoms with Gasteiger partial charge in [-0.15, -0.1) is 0 Å². The molecule has 0 amide bonds. The van der Waals surface area contributed by atoms with Crippen LogP contribution in [0.25, 0.3) is 0 Å². The Hall–Kier alpha value is -0.260. The minimum atomic E-state index is 0.727. The van der Waals surface area contributed by atoms with E-state index in [2.05, 4.69) is 68.1 Å². The predicted octanol–water partition coefficient (Wildman–Crippen LogP) is 5.32. The maximum atomic E-state index is 6.13. The summed E-state index contributed by atoms with van der Waals surface area (Å²) in [6.45, 7) is 0.776. The average molecular weight is 422 g/mol. The fourth-order valence-electron chi connectivity index (χ4n) is 1.43. The fraction of sp³-hybridized carbons (Fsp3) is 0.0769. The molecule has 0 aliphatic heterocycles. The van der Waals surface area contributed by atoms with E-state index in [0.717, 1.165) is 21.7 Å². The van der Waals surface area contributed by atoms with Crippen molar-refractivity contribution in [1.29, 1.82) is 0 Å². The Labute approximate surface area is 128 Å². The van der Waals surface area contributed by atoms with Gasteiger partial charge in [0.2, 0.25) is 0 Å². The van der Waals surface area contributed by atoms with Crippen molar-refractivity contribution in [3.8, 4) is 0 Å². The van der Waals surface area contributed by atoms with Crippen LogP contribution in [0.5, 0.6) is 0 Å². The molecular formula is C13H10BrClIN. The van der Waals surface area contributed by atoms with Crippen LogP contribution >= 0.6 is 50.1 Å². The van der Waals surface area contributed by atoms with Gasteiger partial charge in [0, 0.05) is 14.6 Å². The predicted molar refractivity (Wildman–Crippen MR) is 85.6 cm³/mol. The SMILES string of the molecule is Clc1cc(Br)ccc1NCc1ccc(I)cc1. The second-order valence-electron chi connectivity index (χ2n) is 3.60. The van der Waals surface area contributed by atoms with Crippen molar-refractivity contribution < 1.29 is 0 Å². The monoisotopic (exact) mass is 421 g/mol. The first kappa shape index (κ1) is 13.2. The van der Waals surface area contributed by atoms with Crippen molar-refractivity contribution >= 4 is 55.8 Å². The van der Waals surface area contributed by atoms with Crippen molar-refractivity contribution in [3.63, 3.8) is 0 Å². The van der Waals surface area contributed by atoms with Gasteiger partial charge in [-0.25, -0.2) is 0 Å². The number of benzene rings is 2. The summed E-state index contributed by atoms with van der Waals surface area (Å²) in [6.07, 6.45) is 0. The zero-order chi connectivity index (χ0) is 12.3. The maximum absolute atomic E-state index is 6.13. The minimum Gasteiger partial charge on any atom is -0.380 e. The number of halogens is 3. The largest absolute Gasteiger partial charge is 0.380 e. The molecule has 88 valence electrons. The van der Waals surface area contributed by atoms with E-state index < -0.39 is 0 Å². The van der Waals surface area contributed by atoms with E-state index in [4.69, 9.17) is 11.6 Å². The molecule has 0 spiro atoms. The van der Waals surface area contributed by atoms with E-state index >= 15 is 0 Å². The van der Waals surface area contributed by atoms with Gasteiger partial charge in [-0.2, -0.15) is 0 Å². The van der Waals surface area contributed by atoms with E-state index in [0.29, 0.717) is 0 Å². The van der Waals surface area contributed by atoms with Crippen LogP contribution in [0.4, 0.5) is 5.69 Å². The Balaban J connectivity index is 2.04. The van der Waals surface area contributed by atoms with Gasteiger partial charge >= 0.3 is 0 Å². The first-order chi connectivity index (χ1) is 8.15. The topological polar surface area (TPSA) is 12.0 Å². The molecule has 0 fully saturated rings. The molecule has 0 aliphatic rings. The highest BCUT2D eigenvalue weighted by Crippen LogP contribution is 2.26. The number of anilines is 1. The molecule has 1 nitrogen and oxygen atoms in total. The standard InChI is InChI=1S/C13H10BrClIN/c14-10-3-6-13(12(15)7-10)17-8-9-1-4-11(16)5-2-9/h1-7,17H,8H2. The zero-order valence-corrected chi connectivity index (χ0v) is 13.4. The van der Waals surface area contributed by atoms with Gasteiger partial charge in [0.15, 0.2) is 0 Å². The Morgan fingerprint density at radius 3 is 2.47 bits per heavy atom. The molecule has 0 heterocycles. The van der Waals surface area contributed by atoms with E-state index in [1.165, 1.54) is 9.13 Å². The molecular weight excluding hydrogens is 412 g/mol. The highest BCUT2D eigenvalue weighted by atomic mass is 127. The third-order valence-electron chi connectivity index (χ3n) is 2.33. The van der Waals surface area contributed by atoms with E-state index in [1.54, 1.807) is 0 Å². The molecule has 4 heteroatoms. The molecule has 0 saturated carbocycles. The van der Waals surface area contributed by atoms with Crippen LogP contribution < -0.4 is 5.32 Å². The van der Waals surface area contributed by atoms with Crippen LogP contribution in [-0.2, 0) is 6.54 Å². The summed E-state index contributed by atoms with van der Waals surface area (Å²) >= 11 is 11.8. The van der Waals surface area contributed by atoms with Crippen molar-refractivity contribution in [2.75, 3.05) is 5.32 Å². The van der Waals surface area contributed by atoms with Crippen molar-refractivity contribution in [3.05, 3.63) is 61.1 Å². The molecule has 2 aromatic rings. The molecule has 1 N–H and O–H groups in total. The van der Waals surface area contributed by atoms with Crippen LogP contribution in [0, 0.1) is 3.57 Å². The van der Waals surface area contributed by atoms with E-state index in [-0.39, 0.29) is 0 Å². The van der Waals surface area contributed by atoms with E-state index in [9.17, 15) is 0 Å². The molecule has 0 bridgehead atoms. The van der Waals surface area contributed by atoms with E-state index in [1.807, 2.05) is 18.2 Å². The third-order valence-corrected chi connectivity index (χ3v) is 3.85. The number of nitrogens with one attached hydrogen (secondary N) is 1. The van der Waals surface area contributed by atoms with Gasteiger partial charge in [0.25, 0.3) is 0 Å². The second kappa shape index (κ2) is 6.07. The first-order valence-corrected chi connectivity index (χ1v) is 7.33. The Kier molecular flexibility index (Phi) is 4.70. The molecule has 0 aliphatic carbocycles. The lowest BCUT2D eigenvalue weighted by molar-refractivity contribution is 1.15. The van der Waals surface area contributed by atoms with Crippen LogP contribution in [0.15, 0.2) is 46.9 Å². The fourth-order valence-corrected chi connectivity index (χ4v) is 2.53. The molecule has 0 atom stereocenters. The Bertz CT molecular complexity index is 513. The first-order valence-electron chi connectivity index (χ1n) is 5.08. The van der Waals surface area contributed by atoms with Gasteiger partial charge in [0.05, 0.1) is 10.7 Å². The lowest BCUT2D eigenvalue weighted by atomic mass is 10.2. The van der Waals surface area contributed by atoms with Gasteiger partial charge < -0.3 is 5.32 Å². The number of hydrogen-bond donors (Lipinski definition) is 1. The van der Waals surface area contributed by atoms with Gasteiger partial charge in [-0.3, -0.25) is 0 Å². The zero-order valence-electron chi connectivity index (χ0n) is 8.88. The summed E-state index contributed by atoms with van der Waals surface area (Å²) < 4.78 is 2.23. The van der Waals surface area contributed by atoms with Crippen molar-refractivity contribution in [2.45, 2.75) is 6.54 Å². The van der Waals surface area contributed by atoms with Crippen LogP contribution in [0.3, 0.4) is 0 Å². The lowest BCUT2D eigenvalue weighted by Crippen LogP contribution is -1.99. The molecule has 0 aromatic heterocycles. The third kappa shape index (κ3) is 3.86. The molecule has 0 radical (unpaired) electrons. The quantitative estimate of drug-likeness (QED) is 0.661. The summed E-state index contributed by atoms with van der Waals surface area (Å²) in [6, 6.07) is 14.3. The smallest absolute Gasteiger partial charge is 0.0648 e. The molecule has 2 rings (SSSR count). The van der Waals surface area contributed by atoms with Crippen LogP contribution in [0.1, 0.15) is 5.56 Å². The summed E-state index contributed by atoms with van der Waals surface area (Å²) in [7, 11) is 0. The van der Waals surface area contributed by atoms with Crippen LogP contribution in [-0.4, -0.2) is 0 Å². The maximum Gasteiger partial charge on any atom is 0.0648 e. The van der Waals surface area contributed by atoms with Gasteiger partial charge in [0.1, 0.15) is 0 Å². The molecule has 0 unspecified atom stereocenters. The lowest BCUT2D eigenvalue weighted by Gasteiger charge is -2.08. The van der Waals surface area contributed by atoms with Crippen LogP contribution in [0.2, 0.25) is 5.02 Å². The van der Waals surface area contributed by atoms with Gasteiger partial charge in [-0.05, 0) is 58.5 Å². The van der Waals surface area contributed by atoms with Crippen molar-refractivity contribution in [1.82, 2.24) is 0 Å². The summed E-state index contributed by atoms with van der Waals surface area (Å²) in [5.41, 5.74) is 2.19. The van der Waals surface area contributed by atoms with Crippen molar-refractivity contribution in [2.24, 2.45) is 0 Å².